The fourth-order valence-electron chi connectivity index (χ4n) is 2.61. The normalized spacial score (nSPS) is 20.2. The Hall–Kier alpha value is -1.50. The Bertz CT molecular complexity index is 703. The van der Waals surface area contributed by atoms with Crippen LogP contribution in [0, 0.1) is 5.92 Å². The summed E-state index contributed by atoms with van der Waals surface area (Å²) in [5.74, 6) is -0.923. The summed E-state index contributed by atoms with van der Waals surface area (Å²) in [5, 5.41) is 2.70. The van der Waals surface area contributed by atoms with Crippen molar-refractivity contribution in [2.24, 2.45) is 10.9 Å². The largest absolute Gasteiger partial charge is 0.493 e. The molecule has 9 heteroatoms. The van der Waals surface area contributed by atoms with E-state index in [1.807, 2.05) is 13.0 Å². The van der Waals surface area contributed by atoms with E-state index < -0.39 is 34.4 Å². The van der Waals surface area contributed by atoms with Gasteiger partial charge in [-0.05, 0) is 19.4 Å². The highest BCUT2D eigenvalue weighted by molar-refractivity contribution is 6.67. The van der Waals surface area contributed by atoms with Crippen molar-refractivity contribution in [1.29, 1.82) is 0 Å². The number of hydrogen-bond donors (Lipinski definition) is 1. The Morgan fingerprint density at radius 1 is 1.31 bits per heavy atom. The van der Waals surface area contributed by atoms with Crippen LogP contribution in [-0.4, -0.2) is 34.7 Å². The molecule has 142 valence electrons. The molecule has 0 spiro atoms. The molecule has 1 aliphatic rings. The first-order valence-electron chi connectivity index (χ1n) is 8.03. The van der Waals surface area contributed by atoms with Crippen LogP contribution in [0.5, 0.6) is 5.75 Å². The Kier molecular flexibility index (Phi) is 7.15. The molecule has 2 rings (SSSR count). The van der Waals surface area contributed by atoms with Crippen molar-refractivity contribution >= 4 is 52.5 Å². The summed E-state index contributed by atoms with van der Waals surface area (Å²) in [6.07, 6.45) is 0.820. The van der Waals surface area contributed by atoms with Crippen LogP contribution in [0.4, 0.5) is 4.79 Å². The zero-order valence-corrected chi connectivity index (χ0v) is 16.6. The average Bonchev–Trinajstić information content (AvgIpc) is 2.57. The van der Waals surface area contributed by atoms with E-state index in [9.17, 15) is 9.59 Å². The van der Waals surface area contributed by atoms with Crippen LogP contribution in [0.25, 0.3) is 0 Å². The molecular formula is C17H19Cl3N2O4. The van der Waals surface area contributed by atoms with Gasteiger partial charge in [0.1, 0.15) is 18.3 Å². The number of amides is 2. The van der Waals surface area contributed by atoms with Gasteiger partial charge in [-0.3, -0.25) is 4.79 Å². The lowest BCUT2D eigenvalue weighted by Crippen LogP contribution is -2.44. The topological polar surface area (TPSA) is 77.0 Å². The summed E-state index contributed by atoms with van der Waals surface area (Å²) in [5.41, 5.74) is 0.970. The van der Waals surface area contributed by atoms with Crippen molar-refractivity contribution in [2.45, 2.75) is 30.1 Å². The molecule has 6 nitrogen and oxygen atoms in total. The third-order valence-corrected chi connectivity index (χ3v) is 4.02. The predicted octanol–water partition coefficient (Wildman–Crippen LogP) is 4.23. The lowest BCUT2D eigenvalue weighted by molar-refractivity contribution is -0.146. The molecule has 1 aromatic rings. The maximum absolute atomic E-state index is 12.6. The van der Waals surface area contributed by atoms with Crippen LogP contribution in [0.1, 0.15) is 31.9 Å². The second-order valence-corrected chi connectivity index (χ2v) is 8.28. The number of nitrogens with one attached hydrogen (secondary N) is 1. The highest BCUT2D eigenvalue weighted by Crippen LogP contribution is 2.34. The van der Waals surface area contributed by atoms with E-state index in [1.165, 1.54) is 0 Å². The van der Waals surface area contributed by atoms with Gasteiger partial charge in [-0.1, -0.05) is 59.9 Å². The van der Waals surface area contributed by atoms with Crippen molar-refractivity contribution in [1.82, 2.24) is 5.32 Å². The number of aliphatic imine (C=N–C) groups is 1. The van der Waals surface area contributed by atoms with Gasteiger partial charge in [-0.15, -0.1) is 0 Å². The molecule has 2 atom stereocenters. The smallest absolute Gasteiger partial charge is 0.341 e. The molecule has 1 heterocycles. The fourth-order valence-corrected chi connectivity index (χ4v) is 2.77. The quantitative estimate of drug-likeness (QED) is 0.551. The minimum atomic E-state index is -1.73. The minimum absolute atomic E-state index is 0.318. The first-order valence-corrected chi connectivity index (χ1v) is 9.17. The van der Waals surface area contributed by atoms with Gasteiger partial charge in [0, 0.05) is 11.3 Å². The van der Waals surface area contributed by atoms with E-state index in [0.29, 0.717) is 23.6 Å². The van der Waals surface area contributed by atoms with Gasteiger partial charge in [-0.25, -0.2) is 9.79 Å². The summed E-state index contributed by atoms with van der Waals surface area (Å²) in [7, 11) is 0. The molecule has 0 saturated carbocycles. The highest BCUT2D eigenvalue weighted by atomic mass is 35.6. The number of benzene rings is 1. The Morgan fingerprint density at radius 2 is 2.00 bits per heavy atom. The number of para-hydroxylation sites is 1. The molecule has 26 heavy (non-hydrogen) atoms. The molecule has 0 radical (unpaired) electrons. The van der Waals surface area contributed by atoms with Gasteiger partial charge >= 0.3 is 12.0 Å². The molecule has 1 aliphatic heterocycles. The van der Waals surface area contributed by atoms with Gasteiger partial charge in [-0.2, -0.15) is 0 Å². The number of urea groups is 1. The minimum Gasteiger partial charge on any atom is -0.493 e. The Balaban J connectivity index is 2.34. The van der Waals surface area contributed by atoms with Crippen LogP contribution < -0.4 is 10.1 Å². The van der Waals surface area contributed by atoms with Gasteiger partial charge < -0.3 is 14.8 Å². The van der Waals surface area contributed by atoms with Crippen molar-refractivity contribution in [2.75, 3.05) is 13.2 Å². The maximum Gasteiger partial charge on any atom is 0.341 e. The van der Waals surface area contributed by atoms with Gasteiger partial charge in [0.15, 0.2) is 0 Å². The van der Waals surface area contributed by atoms with Crippen molar-refractivity contribution in [3.05, 3.63) is 29.8 Å². The van der Waals surface area contributed by atoms with E-state index in [2.05, 4.69) is 10.3 Å². The molecular weight excluding hydrogens is 403 g/mol. The number of ether oxygens (including phenoxy) is 2. The number of rotatable bonds is 6. The number of hydrogen-bond acceptors (Lipinski definition) is 4. The van der Waals surface area contributed by atoms with Crippen molar-refractivity contribution in [3.63, 3.8) is 0 Å². The van der Waals surface area contributed by atoms with Gasteiger partial charge in [0.25, 0.3) is 0 Å². The Labute approximate surface area is 166 Å². The lowest BCUT2D eigenvalue weighted by Gasteiger charge is -2.31. The lowest BCUT2D eigenvalue weighted by atomic mass is 9.88. The van der Waals surface area contributed by atoms with E-state index in [0.717, 1.165) is 6.42 Å². The number of carbonyl (C=O) groups excluding carboxylic acids is 2. The first-order chi connectivity index (χ1) is 12.2. The molecule has 0 bridgehead atoms. The van der Waals surface area contributed by atoms with Crippen LogP contribution in [0.15, 0.2) is 29.3 Å². The molecule has 2 unspecified atom stereocenters. The first kappa shape index (κ1) is 20.8. The number of carbonyl (C=O) groups is 2. The van der Waals surface area contributed by atoms with Crippen LogP contribution in [0.2, 0.25) is 0 Å². The summed E-state index contributed by atoms with van der Waals surface area (Å²) in [6.45, 7) is 3.67. The molecule has 1 N–H and O–H groups in total. The van der Waals surface area contributed by atoms with Crippen LogP contribution in [-0.2, 0) is 9.53 Å². The molecule has 0 fully saturated rings. The molecule has 1 aromatic carbocycles. The van der Waals surface area contributed by atoms with Gasteiger partial charge in [0.05, 0.1) is 12.6 Å². The summed E-state index contributed by atoms with van der Waals surface area (Å²) in [6, 6.07) is 5.94. The monoisotopic (exact) mass is 420 g/mol. The van der Waals surface area contributed by atoms with E-state index >= 15 is 0 Å². The fraction of sp³-hybridized carbons (Fsp3) is 0.471. The van der Waals surface area contributed by atoms with E-state index in [1.54, 1.807) is 25.1 Å². The second-order valence-electron chi connectivity index (χ2n) is 5.77. The third kappa shape index (κ3) is 5.50. The summed E-state index contributed by atoms with van der Waals surface area (Å²) < 4.78 is 9.14. The number of halogens is 3. The molecule has 0 aliphatic carbocycles. The standard InChI is InChI=1S/C17H19Cl3N2O4/c1-3-8-25-12-7-5-4-6-11(12)14-13(10(2)21-16(24)22-14)15(23)26-9-17(18,19)20/h4-7,13-14H,3,8-9H2,1-2H3,(H,22,24). The van der Waals surface area contributed by atoms with Gasteiger partial charge in [0.2, 0.25) is 3.79 Å². The highest BCUT2D eigenvalue weighted by Gasteiger charge is 2.40. The molecule has 0 aromatic heterocycles. The van der Waals surface area contributed by atoms with E-state index in [-0.39, 0.29) is 0 Å². The summed E-state index contributed by atoms with van der Waals surface area (Å²) >= 11 is 16.9. The van der Waals surface area contributed by atoms with Crippen LogP contribution in [0.3, 0.4) is 0 Å². The molecule has 2 amide bonds. The number of esters is 1. The maximum atomic E-state index is 12.6. The third-order valence-electron chi connectivity index (χ3n) is 3.69. The van der Waals surface area contributed by atoms with Crippen molar-refractivity contribution < 1.29 is 19.1 Å². The summed E-state index contributed by atoms with van der Waals surface area (Å²) in [4.78, 5) is 28.3. The zero-order chi connectivity index (χ0) is 19.3. The number of nitrogens with zero attached hydrogens (tertiary/aromatic N) is 1. The van der Waals surface area contributed by atoms with Crippen LogP contribution >= 0.6 is 34.8 Å². The SMILES string of the molecule is CCCOc1ccccc1C1NC(=O)N=C(C)C1C(=O)OCC(Cl)(Cl)Cl. The average molecular weight is 422 g/mol. The van der Waals surface area contributed by atoms with Crippen molar-refractivity contribution in [3.8, 4) is 5.75 Å². The Morgan fingerprint density at radius 3 is 2.65 bits per heavy atom. The molecule has 0 saturated heterocycles. The second kappa shape index (κ2) is 8.93. The number of alkyl halides is 3. The zero-order valence-electron chi connectivity index (χ0n) is 14.3. The predicted molar refractivity (Wildman–Crippen MR) is 101 cm³/mol. The van der Waals surface area contributed by atoms with E-state index in [4.69, 9.17) is 44.3 Å².